The molecule has 4 rings (SSSR count). The van der Waals surface area contributed by atoms with Crippen LogP contribution in [0.4, 0.5) is 0 Å². The predicted molar refractivity (Wildman–Crippen MR) is 80.6 cm³/mol. The van der Waals surface area contributed by atoms with Crippen LogP contribution in [0.25, 0.3) is 11.0 Å². The van der Waals surface area contributed by atoms with Crippen molar-refractivity contribution >= 4 is 16.9 Å². The lowest BCUT2D eigenvalue weighted by Crippen LogP contribution is -2.16. The van der Waals surface area contributed by atoms with Crippen molar-refractivity contribution in [3.05, 3.63) is 76.1 Å². The van der Waals surface area contributed by atoms with Gasteiger partial charge < -0.3 is 14.4 Å². The van der Waals surface area contributed by atoms with Crippen LogP contribution in [0.1, 0.15) is 17.0 Å². The first kappa shape index (κ1) is 12.6. The van der Waals surface area contributed by atoms with E-state index in [2.05, 4.69) is 5.16 Å². The number of oxime groups is 1. The zero-order chi connectivity index (χ0) is 15.1. The highest BCUT2D eigenvalue weighted by molar-refractivity contribution is 5.99. The molecule has 0 saturated heterocycles. The van der Waals surface area contributed by atoms with Crippen LogP contribution in [-0.4, -0.2) is 11.1 Å². The molecule has 0 aliphatic carbocycles. The van der Waals surface area contributed by atoms with E-state index in [0.717, 1.165) is 5.56 Å². The second-order valence-electron chi connectivity index (χ2n) is 5.01. The van der Waals surface area contributed by atoms with Gasteiger partial charge >= 0.3 is 5.63 Å². The van der Waals surface area contributed by atoms with E-state index >= 15 is 0 Å². The summed E-state index contributed by atoms with van der Waals surface area (Å²) in [6.07, 6.45) is 0. The fourth-order valence-electron chi connectivity index (χ4n) is 2.81. The molecule has 0 radical (unpaired) electrons. The molecule has 1 N–H and O–H groups in total. The molecule has 22 heavy (non-hydrogen) atoms. The molecule has 5 heteroatoms. The molecular weight excluding hydrogens is 282 g/mol. The van der Waals surface area contributed by atoms with Crippen molar-refractivity contribution in [1.29, 1.82) is 0 Å². The molecule has 2 aromatic carbocycles. The van der Waals surface area contributed by atoms with Crippen molar-refractivity contribution < 1.29 is 14.4 Å². The van der Waals surface area contributed by atoms with Crippen molar-refractivity contribution in [3.63, 3.8) is 0 Å². The summed E-state index contributed by atoms with van der Waals surface area (Å²) in [6.45, 7) is 0. The standard InChI is InChI=1S/C17H11NO4/c19-17-14-13(10-6-2-1-3-7-10)16(18-20)22-15(14)11-8-4-5-9-12(11)21-17/h1-9,13,20H/b18-16+/t13-/m1/s1. The molecule has 0 bridgehead atoms. The molecule has 3 aromatic rings. The first-order valence-electron chi connectivity index (χ1n) is 6.80. The van der Waals surface area contributed by atoms with Crippen molar-refractivity contribution in [1.82, 2.24) is 0 Å². The number of nitrogens with zero attached hydrogens (tertiary/aromatic N) is 1. The van der Waals surface area contributed by atoms with Gasteiger partial charge in [0.15, 0.2) is 5.75 Å². The zero-order valence-electron chi connectivity index (χ0n) is 11.4. The van der Waals surface area contributed by atoms with Crippen LogP contribution in [0.2, 0.25) is 0 Å². The van der Waals surface area contributed by atoms with E-state index in [-0.39, 0.29) is 5.90 Å². The lowest BCUT2D eigenvalue weighted by molar-refractivity contribution is 0.303. The minimum atomic E-state index is -0.568. The summed E-state index contributed by atoms with van der Waals surface area (Å²) in [5.74, 6) is -0.0968. The van der Waals surface area contributed by atoms with Gasteiger partial charge in [0, 0.05) is 0 Å². The van der Waals surface area contributed by atoms with Crippen LogP contribution < -0.4 is 10.4 Å². The summed E-state index contributed by atoms with van der Waals surface area (Å²) >= 11 is 0. The van der Waals surface area contributed by atoms with Crippen LogP contribution in [0.5, 0.6) is 5.75 Å². The number of rotatable bonds is 1. The fourth-order valence-corrected chi connectivity index (χ4v) is 2.81. The number of fused-ring (bicyclic) bond motifs is 3. The first-order valence-corrected chi connectivity index (χ1v) is 6.80. The predicted octanol–water partition coefficient (Wildman–Crippen LogP) is 3.11. The van der Waals surface area contributed by atoms with Gasteiger partial charge in [0.25, 0.3) is 0 Å². The van der Waals surface area contributed by atoms with Gasteiger partial charge in [0.2, 0.25) is 5.90 Å². The largest absolute Gasteiger partial charge is 0.437 e. The van der Waals surface area contributed by atoms with Gasteiger partial charge in [-0.15, -0.1) is 0 Å². The third-order valence-corrected chi connectivity index (χ3v) is 3.77. The smallest absolute Gasteiger partial charge is 0.344 e. The SMILES string of the molecule is O=c1oc2ccccc2c2c1[C@@H](c1ccccc1)/C(=N\O)O2. The molecule has 108 valence electrons. The fraction of sp³-hybridized carbons (Fsp3) is 0.0588. The molecule has 0 spiro atoms. The van der Waals surface area contributed by atoms with Gasteiger partial charge in [0.1, 0.15) is 5.58 Å². The molecule has 1 aromatic heterocycles. The van der Waals surface area contributed by atoms with E-state index in [1.807, 2.05) is 36.4 Å². The second-order valence-corrected chi connectivity index (χ2v) is 5.01. The highest BCUT2D eigenvalue weighted by Crippen LogP contribution is 2.41. The van der Waals surface area contributed by atoms with E-state index in [1.54, 1.807) is 18.2 Å². The van der Waals surface area contributed by atoms with Gasteiger partial charge in [-0.1, -0.05) is 47.6 Å². The summed E-state index contributed by atoms with van der Waals surface area (Å²) in [7, 11) is 0. The summed E-state index contributed by atoms with van der Waals surface area (Å²) in [5, 5.41) is 13.2. The Balaban J connectivity index is 2.05. The normalized spacial score (nSPS) is 18.4. The molecule has 1 aliphatic heterocycles. The van der Waals surface area contributed by atoms with Crippen LogP contribution in [0.3, 0.4) is 0 Å². The maximum absolute atomic E-state index is 12.4. The molecule has 0 unspecified atom stereocenters. The lowest BCUT2D eigenvalue weighted by atomic mass is 9.93. The van der Waals surface area contributed by atoms with Crippen LogP contribution >= 0.6 is 0 Å². The maximum atomic E-state index is 12.4. The molecule has 0 fully saturated rings. The third kappa shape index (κ3) is 1.72. The zero-order valence-corrected chi connectivity index (χ0v) is 11.4. The van der Waals surface area contributed by atoms with Gasteiger partial charge in [-0.25, -0.2) is 4.79 Å². The molecule has 5 nitrogen and oxygen atoms in total. The van der Waals surface area contributed by atoms with Gasteiger partial charge in [-0.3, -0.25) is 0 Å². The first-order chi connectivity index (χ1) is 10.8. The van der Waals surface area contributed by atoms with E-state index in [9.17, 15) is 10.0 Å². The lowest BCUT2D eigenvalue weighted by Gasteiger charge is -2.07. The van der Waals surface area contributed by atoms with Crippen LogP contribution in [0, 0.1) is 0 Å². The van der Waals surface area contributed by atoms with Crippen LogP contribution in [-0.2, 0) is 0 Å². The highest BCUT2D eigenvalue weighted by Gasteiger charge is 2.38. The second kappa shape index (κ2) is 4.73. The van der Waals surface area contributed by atoms with E-state index in [4.69, 9.17) is 9.15 Å². The van der Waals surface area contributed by atoms with Crippen molar-refractivity contribution in [2.45, 2.75) is 5.92 Å². The minimum Gasteiger partial charge on any atom is -0.437 e. The quantitative estimate of drug-likeness (QED) is 0.425. The molecule has 1 aliphatic rings. The van der Waals surface area contributed by atoms with Crippen molar-refractivity contribution in [2.75, 3.05) is 0 Å². The number of hydrogen-bond donors (Lipinski definition) is 1. The Kier molecular flexibility index (Phi) is 2.72. The van der Waals surface area contributed by atoms with E-state index in [1.165, 1.54) is 0 Å². The minimum absolute atomic E-state index is 0.0739. The number of benzene rings is 2. The Morgan fingerprint density at radius 2 is 1.73 bits per heavy atom. The monoisotopic (exact) mass is 293 g/mol. The Morgan fingerprint density at radius 3 is 2.50 bits per heavy atom. The number of para-hydroxylation sites is 1. The van der Waals surface area contributed by atoms with E-state index in [0.29, 0.717) is 22.3 Å². The summed E-state index contributed by atoms with van der Waals surface area (Å²) in [5.41, 5.74) is 1.12. The number of ether oxygens (including phenoxy) is 1. The van der Waals surface area contributed by atoms with Crippen molar-refractivity contribution in [3.8, 4) is 5.75 Å². The summed E-state index contributed by atoms with van der Waals surface area (Å²) in [6, 6.07) is 16.4. The topological polar surface area (TPSA) is 72.0 Å². The summed E-state index contributed by atoms with van der Waals surface area (Å²) in [4.78, 5) is 12.4. The number of hydrogen-bond acceptors (Lipinski definition) is 5. The van der Waals surface area contributed by atoms with Gasteiger partial charge in [-0.2, -0.15) is 0 Å². The van der Waals surface area contributed by atoms with E-state index < -0.39 is 11.5 Å². The van der Waals surface area contributed by atoms with Gasteiger partial charge in [0.05, 0.1) is 16.9 Å². The summed E-state index contributed by atoms with van der Waals surface area (Å²) < 4.78 is 11.0. The maximum Gasteiger partial charge on any atom is 0.344 e. The average Bonchev–Trinajstić information content (AvgIpc) is 2.96. The molecule has 2 heterocycles. The molecule has 0 saturated carbocycles. The van der Waals surface area contributed by atoms with Gasteiger partial charge in [-0.05, 0) is 17.7 Å². The Labute approximate surface area is 125 Å². The molecule has 0 amide bonds. The Bertz CT molecular complexity index is 944. The van der Waals surface area contributed by atoms with Crippen LogP contribution in [0.15, 0.2) is 69.0 Å². The average molecular weight is 293 g/mol. The Hall–Kier alpha value is -3.08. The highest BCUT2D eigenvalue weighted by atomic mass is 16.5. The Morgan fingerprint density at radius 1 is 1.00 bits per heavy atom. The van der Waals surface area contributed by atoms with Crippen molar-refractivity contribution in [2.24, 2.45) is 5.16 Å². The third-order valence-electron chi connectivity index (χ3n) is 3.77. The molecular formula is C17H11NO4. The molecule has 1 atom stereocenters.